The summed E-state index contributed by atoms with van der Waals surface area (Å²) in [5.41, 5.74) is 3.06. The van der Waals surface area contributed by atoms with Crippen LogP contribution in [0.1, 0.15) is 30.9 Å². The zero-order valence-corrected chi connectivity index (χ0v) is 23.7. The molecule has 0 aliphatic heterocycles. The second-order valence-corrected chi connectivity index (χ2v) is 10.6. The monoisotopic (exact) mass is 583 g/mol. The van der Waals surface area contributed by atoms with E-state index in [1.165, 1.54) is 29.8 Å². The van der Waals surface area contributed by atoms with Crippen molar-refractivity contribution in [2.24, 2.45) is 0 Å². The van der Waals surface area contributed by atoms with Gasteiger partial charge in [-0.15, -0.1) is 11.3 Å². The van der Waals surface area contributed by atoms with E-state index in [2.05, 4.69) is 20.4 Å². The number of ether oxygens (including phenoxy) is 2. The van der Waals surface area contributed by atoms with Gasteiger partial charge in [0.15, 0.2) is 5.92 Å². The van der Waals surface area contributed by atoms with Crippen LogP contribution in [0.5, 0.6) is 0 Å². The van der Waals surface area contributed by atoms with Crippen molar-refractivity contribution in [2.75, 3.05) is 18.5 Å². The maximum Gasteiger partial charge on any atom is 0.324 e. The minimum Gasteiger partial charge on any atom is -0.465 e. The molecule has 3 aromatic heterocycles. The van der Waals surface area contributed by atoms with Crippen molar-refractivity contribution in [3.8, 4) is 0 Å². The van der Waals surface area contributed by atoms with E-state index in [0.29, 0.717) is 17.9 Å². The van der Waals surface area contributed by atoms with Crippen molar-refractivity contribution in [1.82, 2.24) is 19.7 Å². The maximum absolute atomic E-state index is 13.6. The standard InChI is InChI=1S/C31H26FN5O4S/c1-3-40-30(38)26(31(39)41-4-2)19-8-10-23-25(14-19)42-29-27(23)28(33-17-34-29)36-22-9-11-24-20(13-22)15-35-37(24)16-18-6-5-7-21(32)12-18/h5-15,17,26H,3-4,16H2,1-2H3,(H,33,34,36). The number of nitrogens with one attached hydrogen (secondary N) is 1. The van der Waals surface area contributed by atoms with Gasteiger partial charge in [-0.25, -0.2) is 14.4 Å². The number of hydrogen-bond donors (Lipinski definition) is 1. The van der Waals surface area contributed by atoms with Crippen LogP contribution in [0.2, 0.25) is 0 Å². The van der Waals surface area contributed by atoms with Crippen molar-refractivity contribution in [3.63, 3.8) is 0 Å². The van der Waals surface area contributed by atoms with Gasteiger partial charge in [0.2, 0.25) is 0 Å². The lowest BCUT2D eigenvalue weighted by Gasteiger charge is -2.14. The van der Waals surface area contributed by atoms with E-state index in [1.54, 1.807) is 32.2 Å². The molecule has 0 atom stereocenters. The molecule has 0 radical (unpaired) electrons. The van der Waals surface area contributed by atoms with Crippen LogP contribution in [-0.2, 0) is 25.6 Å². The number of carbonyl (C=O) groups is 2. The first kappa shape index (κ1) is 27.3. The van der Waals surface area contributed by atoms with E-state index in [4.69, 9.17) is 9.47 Å². The molecule has 0 spiro atoms. The van der Waals surface area contributed by atoms with Gasteiger partial charge in [0.1, 0.15) is 22.8 Å². The predicted octanol–water partition coefficient (Wildman–Crippen LogP) is 6.34. The van der Waals surface area contributed by atoms with E-state index in [-0.39, 0.29) is 19.0 Å². The number of fused-ring (bicyclic) bond motifs is 4. The first-order chi connectivity index (χ1) is 20.4. The van der Waals surface area contributed by atoms with Crippen LogP contribution < -0.4 is 5.32 Å². The third-order valence-electron chi connectivity index (χ3n) is 6.80. The number of thiophene rings is 1. The lowest BCUT2D eigenvalue weighted by atomic mass is 9.98. The summed E-state index contributed by atoms with van der Waals surface area (Å²) in [5.74, 6) is -2.11. The molecule has 0 amide bonds. The number of rotatable bonds is 9. The summed E-state index contributed by atoms with van der Waals surface area (Å²) in [5, 5.41) is 10.5. The van der Waals surface area contributed by atoms with E-state index < -0.39 is 17.9 Å². The number of benzene rings is 3. The van der Waals surface area contributed by atoms with Crippen molar-refractivity contribution >= 4 is 66.0 Å². The Kier molecular flexibility index (Phi) is 7.49. The average Bonchev–Trinajstić information content (AvgIpc) is 3.54. The molecule has 0 aliphatic carbocycles. The average molecular weight is 584 g/mol. The summed E-state index contributed by atoms with van der Waals surface area (Å²) < 4.78 is 26.6. The van der Waals surface area contributed by atoms with Gasteiger partial charge in [0.05, 0.1) is 36.9 Å². The summed E-state index contributed by atoms with van der Waals surface area (Å²) >= 11 is 1.44. The molecule has 0 aliphatic rings. The fourth-order valence-electron chi connectivity index (χ4n) is 4.95. The molecule has 0 unspecified atom stereocenters. The van der Waals surface area contributed by atoms with Gasteiger partial charge in [0.25, 0.3) is 0 Å². The van der Waals surface area contributed by atoms with E-state index in [0.717, 1.165) is 42.5 Å². The van der Waals surface area contributed by atoms with Gasteiger partial charge in [-0.05, 0) is 61.4 Å². The smallest absolute Gasteiger partial charge is 0.324 e. The fourth-order valence-corrected chi connectivity index (χ4v) is 6.05. The van der Waals surface area contributed by atoms with Gasteiger partial charge < -0.3 is 14.8 Å². The number of halogens is 1. The number of carbonyl (C=O) groups excluding carboxylic acids is 2. The summed E-state index contributed by atoms with van der Waals surface area (Å²) in [6, 6.07) is 17.8. The van der Waals surface area contributed by atoms with Crippen molar-refractivity contribution in [2.45, 2.75) is 26.3 Å². The number of aromatic nitrogens is 4. The molecule has 0 saturated carbocycles. The topological polar surface area (TPSA) is 108 Å². The SMILES string of the molecule is CCOC(=O)C(C(=O)OCC)c1ccc2c(c1)sc1ncnc(Nc3ccc4c(cnn4Cc4cccc(F)c4)c3)c12. The van der Waals surface area contributed by atoms with Crippen LogP contribution in [0.4, 0.5) is 15.9 Å². The molecule has 9 nitrogen and oxygen atoms in total. The highest BCUT2D eigenvalue weighted by Crippen LogP contribution is 2.39. The Bertz CT molecular complexity index is 1930. The maximum atomic E-state index is 13.6. The minimum absolute atomic E-state index is 0.157. The van der Waals surface area contributed by atoms with E-state index in [9.17, 15) is 14.0 Å². The third kappa shape index (κ3) is 5.26. The van der Waals surface area contributed by atoms with Crippen molar-refractivity contribution < 1.29 is 23.5 Å². The third-order valence-corrected chi connectivity index (χ3v) is 7.86. The van der Waals surface area contributed by atoms with Crippen LogP contribution in [0.25, 0.3) is 31.2 Å². The molecular formula is C31H26FN5O4S. The highest BCUT2D eigenvalue weighted by molar-refractivity contribution is 7.25. The minimum atomic E-state index is -1.17. The zero-order chi connectivity index (χ0) is 29.2. The normalized spacial score (nSPS) is 11.4. The molecular weight excluding hydrogens is 557 g/mol. The summed E-state index contributed by atoms with van der Waals surface area (Å²) in [4.78, 5) is 35.0. The Labute approximate surface area is 243 Å². The first-order valence-electron chi connectivity index (χ1n) is 13.4. The van der Waals surface area contributed by atoms with Gasteiger partial charge >= 0.3 is 11.9 Å². The van der Waals surface area contributed by atoms with E-state index >= 15 is 0 Å². The molecule has 6 aromatic rings. The summed E-state index contributed by atoms with van der Waals surface area (Å²) in [6.45, 7) is 4.16. The van der Waals surface area contributed by atoms with Crippen LogP contribution in [0.15, 0.2) is 73.2 Å². The number of anilines is 2. The molecule has 3 aromatic carbocycles. The Hall–Kier alpha value is -4.90. The second-order valence-electron chi connectivity index (χ2n) is 9.53. The van der Waals surface area contributed by atoms with Gasteiger partial charge in [-0.3, -0.25) is 14.3 Å². The van der Waals surface area contributed by atoms with Crippen LogP contribution in [0.3, 0.4) is 0 Å². The van der Waals surface area contributed by atoms with Crippen LogP contribution >= 0.6 is 11.3 Å². The Balaban J connectivity index is 1.32. The van der Waals surface area contributed by atoms with Crippen molar-refractivity contribution in [1.29, 1.82) is 0 Å². The number of esters is 2. The van der Waals surface area contributed by atoms with Gasteiger partial charge in [-0.1, -0.05) is 24.3 Å². The molecule has 11 heteroatoms. The van der Waals surface area contributed by atoms with E-state index in [1.807, 2.05) is 41.1 Å². The molecule has 3 heterocycles. The lowest BCUT2D eigenvalue weighted by molar-refractivity contribution is -0.156. The quantitative estimate of drug-likeness (QED) is 0.155. The molecule has 0 saturated heterocycles. The predicted molar refractivity (Wildman–Crippen MR) is 159 cm³/mol. The Morgan fingerprint density at radius 1 is 1.00 bits per heavy atom. The lowest BCUT2D eigenvalue weighted by Crippen LogP contribution is -2.26. The molecule has 0 fully saturated rings. The first-order valence-corrected chi connectivity index (χ1v) is 14.2. The molecule has 1 N–H and O–H groups in total. The van der Waals surface area contributed by atoms with Crippen LogP contribution in [-0.4, -0.2) is 44.9 Å². The number of hydrogen-bond acceptors (Lipinski definition) is 9. The van der Waals surface area contributed by atoms with Gasteiger partial charge in [-0.2, -0.15) is 5.10 Å². The highest BCUT2D eigenvalue weighted by atomic mass is 32.1. The Morgan fingerprint density at radius 2 is 1.81 bits per heavy atom. The zero-order valence-electron chi connectivity index (χ0n) is 22.8. The molecule has 42 heavy (non-hydrogen) atoms. The number of nitrogens with zero attached hydrogens (tertiary/aromatic N) is 4. The van der Waals surface area contributed by atoms with Gasteiger partial charge in [0, 0.05) is 21.2 Å². The molecule has 6 rings (SSSR count). The molecule has 0 bridgehead atoms. The highest BCUT2D eigenvalue weighted by Gasteiger charge is 2.32. The van der Waals surface area contributed by atoms with Crippen LogP contribution in [0, 0.1) is 5.82 Å². The largest absolute Gasteiger partial charge is 0.465 e. The summed E-state index contributed by atoms with van der Waals surface area (Å²) in [7, 11) is 0. The fraction of sp³-hybridized carbons (Fsp3) is 0.194. The molecule has 212 valence electrons. The van der Waals surface area contributed by atoms with Crippen molar-refractivity contribution in [3.05, 3.63) is 90.1 Å². The Morgan fingerprint density at radius 3 is 2.57 bits per heavy atom. The summed E-state index contributed by atoms with van der Waals surface area (Å²) in [6.07, 6.45) is 3.27. The second kappa shape index (κ2) is 11.5.